The average molecular weight is 592 g/mol. The van der Waals surface area contributed by atoms with E-state index < -0.39 is 0 Å². The van der Waals surface area contributed by atoms with E-state index >= 15 is 0 Å². The first-order valence-electron chi connectivity index (χ1n) is 13.1. The Kier molecular flexibility index (Phi) is 9.96. The Balaban J connectivity index is 1.38. The van der Waals surface area contributed by atoms with Crippen molar-refractivity contribution < 1.29 is 14.3 Å². The minimum Gasteiger partial charge on any atom is -0.495 e. The van der Waals surface area contributed by atoms with E-state index in [0.29, 0.717) is 29.2 Å². The van der Waals surface area contributed by atoms with E-state index in [2.05, 4.69) is 43.4 Å². The molecule has 1 aliphatic heterocycles. The molecular weight excluding hydrogens is 555 g/mol. The smallest absolute Gasteiger partial charge is 0.244 e. The van der Waals surface area contributed by atoms with Crippen molar-refractivity contribution in [2.45, 2.75) is 19.4 Å². The summed E-state index contributed by atoms with van der Waals surface area (Å²) in [5, 5.41) is 6.40. The summed E-state index contributed by atoms with van der Waals surface area (Å²) in [6, 6.07) is 3.60. The van der Waals surface area contributed by atoms with Crippen LogP contribution in [0.5, 0.6) is 11.5 Å². The highest BCUT2D eigenvalue weighted by atomic mass is 35.5. The van der Waals surface area contributed by atoms with Crippen LogP contribution in [0.4, 0.5) is 17.3 Å². The lowest BCUT2D eigenvalue weighted by atomic mass is 10.0. The summed E-state index contributed by atoms with van der Waals surface area (Å²) in [5.74, 6) is 1.41. The van der Waals surface area contributed by atoms with Gasteiger partial charge in [0, 0.05) is 63.5 Å². The molecule has 2 heterocycles. The van der Waals surface area contributed by atoms with Crippen molar-refractivity contribution in [3.05, 3.63) is 52.1 Å². The maximum absolute atomic E-state index is 12.9. The first-order chi connectivity index (χ1) is 19.2. The zero-order chi connectivity index (χ0) is 28.8. The molecule has 4 rings (SSSR count). The highest BCUT2D eigenvalue weighted by molar-refractivity contribution is 6.41. The van der Waals surface area contributed by atoms with E-state index in [1.807, 2.05) is 6.08 Å². The van der Waals surface area contributed by atoms with Gasteiger partial charge >= 0.3 is 0 Å². The third kappa shape index (κ3) is 6.90. The average Bonchev–Trinajstić information content (AvgIpc) is 2.96. The molecular formula is C27H36Cl2N8O3. The predicted molar refractivity (Wildman–Crippen MR) is 160 cm³/mol. The maximum Gasteiger partial charge on any atom is 0.244 e. The molecule has 1 aromatic heterocycles. The number of benzene rings is 1. The minimum atomic E-state index is -0.359. The quantitative estimate of drug-likeness (QED) is 0.379. The van der Waals surface area contributed by atoms with Crippen LogP contribution in [0, 0.1) is 0 Å². The van der Waals surface area contributed by atoms with Crippen molar-refractivity contribution in [2.24, 2.45) is 5.73 Å². The Bertz CT molecular complexity index is 1250. The molecule has 1 saturated heterocycles. The summed E-state index contributed by atoms with van der Waals surface area (Å²) < 4.78 is 10.5. The summed E-state index contributed by atoms with van der Waals surface area (Å²) in [6.07, 6.45) is 6.41. The van der Waals surface area contributed by atoms with Crippen LogP contribution in [0.1, 0.15) is 13.3 Å². The van der Waals surface area contributed by atoms with Gasteiger partial charge in [-0.2, -0.15) is 0 Å². The number of nitrogens with zero attached hydrogens (tertiary/aromatic N) is 5. The number of amides is 1. The van der Waals surface area contributed by atoms with Gasteiger partial charge in [0.15, 0.2) is 0 Å². The van der Waals surface area contributed by atoms with Gasteiger partial charge in [-0.3, -0.25) is 9.69 Å². The number of carbonyl (C=O) groups is 1. The first-order valence-corrected chi connectivity index (χ1v) is 13.8. The van der Waals surface area contributed by atoms with Crippen LogP contribution in [0.3, 0.4) is 0 Å². The van der Waals surface area contributed by atoms with Gasteiger partial charge in [-0.15, -0.1) is 0 Å². The number of aromatic nitrogens is 2. The molecule has 11 nitrogen and oxygen atoms in total. The number of nitrogens with one attached hydrogen (secondary N) is 2. The van der Waals surface area contributed by atoms with E-state index in [9.17, 15) is 4.79 Å². The van der Waals surface area contributed by atoms with Crippen LogP contribution in [0.2, 0.25) is 10.0 Å². The molecule has 4 N–H and O–H groups in total. The molecule has 0 saturated carbocycles. The number of rotatable bonds is 10. The van der Waals surface area contributed by atoms with Crippen LogP contribution >= 0.6 is 23.2 Å². The van der Waals surface area contributed by atoms with Crippen molar-refractivity contribution in [2.75, 3.05) is 76.1 Å². The van der Waals surface area contributed by atoms with Gasteiger partial charge in [-0.25, -0.2) is 9.97 Å². The lowest BCUT2D eigenvalue weighted by molar-refractivity contribution is -0.114. The lowest BCUT2D eigenvalue weighted by Gasteiger charge is -2.39. The van der Waals surface area contributed by atoms with Crippen molar-refractivity contribution in [1.82, 2.24) is 19.8 Å². The van der Waals surface area contributed by atoms with E-state index in [0.717, 1.165) is 50.5 Å². The summed E-state index contributed by atoms with van der Waals surface area (Å²) >= 11 is 12.8. The monoisotopic (exact) mass is 590 g/mol. The second-order valence-corrected chi connectivity index (χ2v) is 10.4. The number of allylic oxidation sites excluding steroid dienone is 1. The molecule has 1 atom stereocenters. The van der Waals surface area contributed by atoms with Gasteiger partial charge in [0.1, 0.15) is 39.5 Å². The van der Waals surface area contributed by atoms with Crippen LogP contribution in [-0.2, 0) is 4.79 Å². The molecule has 216 valence electrons. The number of hydrogen-bond donors (Lipinski definition) is 3. The Morgan fingerprint density at radius 2 is 1.80 bits per heavy atom. The van der Waals surface area contributed by atoms with Gasteiger partial charge < -0.3 is 35.6 Å². The lowest BCUT2D eigenvalue weighted by Crippen LogP contribution is -2.50. The summed E-state index contributed by atoms with van der Waals surface area (Å²) in [4.78, 5) is 28.2. The van der Waals surface area contributed by atoms with E-state index in [1.54, 1.807) is 24.1 Å². The van der Waals surface area contributed by atoms with Crippen molar-refractivity contribution in [1.29, 1.82) is 0 Å². The number of anilines is 3. The van der Waals surface area contributed by atoms with Crippen molar-refractivity contribution >= 4 is 46.4 Å². The fraction of sp³-hybridized carbons (Fsp3) is 0.444. The van der Waals surface area contributed by atoms with Gasteiger partial charge in [0.25, 0.3) is 0 Å². The number of methoxy groups -OCH3 is 2. The number of carbonyl (C=O) groups excluding carboxylic acids is 1. The number of hydrogen-bond acceptors (Lipinski definition) is 10. The van der Waals surface area contributed by atoms with Crippen molar-refractivity contribution in [3.63, 3.8) is 0 Å². The number of piperazine rings is 1. The summed E-state index contributed by atoms with van der Waals surface area (Å²) in [6.45, 7) is 7.50. The topological polar surface area (TPSA) is 121 Å². The zero-order valence-electron chi connectivity index (χ0n) is 23.2. The largest absolute Gasteiger partial charge is 0.495 e. The van der Waals surface area contributed by atoms with Crippen LogP contribution in [-0.4, -0.2) is 92.3 Å². The van der Waals surface area contributed by atoms with E-state index in [-0.39, 0.29) is 28.2 Å². The zero-order valence-corrected chi connectivity index (χ0v) is 24.7. The second kappa shape index (κ2) is 13.4. The van der Waals surface area contributed by atoms with E-state index in [4.69, 9.17) is 38.4 Å². The number of halogens is 2. The van der Waals surface area contributed by atoms with Gasteiger partial charge in [0.2, 0.25) is 5.91 Å². The Morgan fingerprint density at radius 1 is 1.12 bits per heavy atom. The van der Waals surface area contributed by atoms with Crippen LogP contribution in [0.15, 0.2) is 42.0 Å². The normalized spacial score (nSPS) is 18.0. The van der Waals surface area contributed by atoms with Crippen LogP contribution < -0.4 is 30.7 Å². The fourth-order valence-electron chi connectivity index (χ4n) is 4.73. The minimum absolute atomic E-state index is 0.0274. The molecule has 0 spiro atoms. The summed E-state index contributed by atoms with van der Waals surface area (Å²) in [5.41, 5.74) is 8.26. The molecule has 0 bridgehead atoms. The van der Waals surface area contributed by atoms with Crippen LogP contribution in [0.25, 0.3) is 0 Å². The Morgan fingerprint density at radius 3 is 2.40 bits per heavy atom. The molecule has 2 aromatic rings. The first kappa shape index (κ1) is 29.7. The molecule has 1 aromatic carbocycles. The highest BCUT2D eigenvalue weighted by Crippen LogP contribution is 2.44. The third-order valence-corrected chi connectivity index (χ3v) is 7.86. The standard InChI is InChI=1S/C27H36Cl2N8O3/c1-5-36-8-10-37(11-9-36)17-6-7-19(18(30)12-17)33-22-14-23(32-16-31-22)35(2)15-24(38)34-27-25(28)20(39-3)13-21(40-4)26(27)29/h6-7,13-14,16-17H,5,8-12,15,30H2,1-4H3,(H,34,38)(H,31,32,33). The second-order valence-electron chi connectivity index (χ2n) is 9.61. The SMILES string of the molecule is CCN1CCN(C2C=CC(Nc3cc(N(C)CC(=O)Nc4c(Cl)c(OC)cc(OC)c4Cl)ncn3)=C(N)C2)CC1. The highest BCUT2D eigenvalue weighted by Gasteiger charge is 2.25. The Labute approximate surface area is 244 Å². The third-order valence-electron chi connectivity index (χ3n) is 7.11. The maximum atomic E-state index is 12.9. The molecule has 13 heteroatoms. The summed E-state index contributed by atoms with van der Waals surface area (Å²) in [7, 11) is 4.68. The predicted octanol–water partition coefficient (Wildman–Crippen LogP) is 3.42. The Hall–Kier alpha value is -3.25. The van der Waals surface area contributed by atoms with Gasteiger partial charge in [-0.1, -0.05) is 36.2 Å². The molecule has 1 unspecified atom stereocenters. The van der Waals surface area contributed by atoms with Crippen molar-refractivity contribution in [3.8, 4) is 11.5 Å². The number of likely N-dealkylation sites (N-methyl/N-ethyl adjacent to an activating group) is 2. The molecule has 40 heavy (non-hydrogen) atoms. The molecule has 1 amide bonds. The van der Waals surface area contributed by atoms with E-state index in [1.165, 1.54) is 20.5 Å². The molecule has 0 radical (unpaired) electrons. The molecule has 2 aliphatic rings. The fourth-order valence-corrected chi connectivity index (χ4v) is 5.33. The number of ether oxygens (including phenoxy) is 2. The molecule has 1 fully saturated rings. The van der Waals surface area contributed by atoms with Gasteiger partial charge in [-0.05, 0) is 12.6 Å². The molecule has 1 aliphatic carbocycles. The number of nitrogens with two attached hydrogens (primary N) is 1. The van der Waals surface area contributed by atoms with Gasteiger partial charge in [0.05, 0.1) is 32.1 Å².